The smallest absolute Gasteiger partial charge is 0.108 e. The van der Waals surface area contributed by atoms with Crippen LogP contribution in [0.4, 0.5) is 0 Å². The predicted molar refractivity (Wildman–Crippen MR) is 102 cm³/mol. The van der Waals surface area contributed by atoms with Crippen LogP contribution in [0, 0.1) is 0 Å². The lowest BCUT2D eigenvalue weighted by atomic mass is 10.1. The maximum Gasteiger partial charge on any atom is 0.108 e. The first kappa shape index (κ1) is 17.6. The molecular formula is C20H27N5. The summed E-state index contributed by atoms with van der Waals surface area (Å²) in [7, 11) is 0. The average Bonchev–Trinajstić information content (AvgIpc) is 3.04. The molecule has 3 rings (SSSR count). The molecule has 0 saturated heterocycles. The van der Waals surface area contributed by atoms with Gasteiger partial charge in [-0.1, -0.05) is 25.1 Å². The molecule has 2 aromatic heterocycles. The summed E-state index contributed by atoms with van der Waals surface area (Å²) in [5.41, 5.74) is 9.48. The fourth-order valence-electron chi connectivity index (χ4n) is 3.13. The number of para-hydroxylation sites is 2. The summed E-state index contributed by atoms with van der Waals surface area (Å²) in [5, 5.41) is 3.58. The zero-order valence-electron chi connectivity index (χ0n) is 14.8. The second-order valence-electron chi connectivity index (χ2n) is 6.48. The molecule has 0 aliphatic heterocycles. The van der Waals surface area contributed by atoms with Crippen molar-refractivity contribution in [3.05, 3.63) is 60.2 Å². The third kappa shape index (κ3) is 4.87. The Morgan fingerprint density at radius 2 is 2.00 bits per heavy atom. The highest BCUT2D eigenvalue weighted by atomic mass is 14.9. The van der Waals surface area contributed by atoms with Crippen LogP contribution in [0.1, 0.15) is 43.7 Å². The fraction of sp³-hybridized carbons (Fsp3) is 0.400. The van der Waals surface area contributed by atoms with Gasteiger partial charge in [-0.05, 0) is 50.1 Å². The molecule has 5 heteroatoms. The van der Waals surface area contributed by atoms with Crippen LogP contribution in [0.15, 0.2) is 48.7 Å². The van der Waals surface area contributed by atoms with Crippen molar-refractivity contribution >= 4 is 11.0 Å². The summed E-state index contributed by atoms with van der Waals surface area (Å²) in [6.07, 6.45) is 5.69. The van der Waals surface area contributed by atoms with Crippen molar-refractivity contribution in [3.63, 3.8) is 0 Å². The molecule has 0 bridgehead atoms. The molecule has 0 spiro atoms. The second-order valence-corrected chi connectivity index (χ2v) is 6.48. The lowest BCUT2D eigenvalue weighted by Crippen LogP contribution is -2.27. The van der Waals surface area contributed by atoms with Crippen molar-refractivity contribution in [3.8, 4) is 0 Å². The van der Waals surface area contributed by atoms with E-state index in [2.05, 4.69) is 33.3 Å². The molecule has 25 heavy (non-hydrogen) atoms. The molecule has 2 atom stereocenters. The average molecular weight is 337 g/mol. The number of rotatable bonds is 9. The van der Waals surface area contributed by atoms with Crippen LogP contribution in [-0.4, -0.2) is 27.5 Å². The van der Waals surface area contributed by atoms with Gasteiger partial charge in [-0.25, -0.2) is 4.98 Å². The molecule has 132 valence electrons. The van der Waals surface area contributed by atoms with Gasteiger partial charge in [-0.3, -0.25) is 4.98 Å². The highest BCUT2D eigenvalue weighted by Crippen LogP contribution is 2.14. The number of hydrogen-bond donors (Lipinski definition) is 3. The van der Waals surface area contributed by atoms with Crippen molar-refractivity contribution in [2.24, 2.45) is 5.73 Å². The van der Waals surface area contributed by atoms with E-state index in [1.807, 2.05) is 42.6 Å². The summed E-state index contributed by atoms with van der Waals surface area (Å²) in [6.45, 7) is 3.13. The molecular weight excluding hydrogens is 310 g/mol. The molecule has 5 nitrogen and oxygen atoms in total. The van der Waals surface area contributed by atoms with E-state index >= 15 is 0 Å². The second kappa shape index (κ2) is 8.74. The molecule has 2 unspecified atom stereocenters. The van der Waals surface area contributed by atoms with Gasteiger partial charge in [0.15, 0.2) is 0 Å². The van der Waals surface area contributed by atoms with Gasteiger partial charge in [0.05, 0.1) is 16.7 Å². The number of H-pyrrole nitrogens is 1. The lowest BCUT2D eigenvalue weighted by molar-refractivity contribution is 0.474. The summed E-state index contributed by atoms with van der Waals surface area (Å²) >= 11 is 0. The molecule has 0 aliphatic rings. The predicted octanol–water partition coefficient (Wildman–Crippen LogP) is 3.35. The first-order valence-corrected chi connectivity index (χ1v) is 9.09. The number of pyridine rings is 1. The van der Waals surface area contributed by atoms with E-state index in [1.54, 1.807) is 0 Å². The van der Waals surface area contributed by atoms with Crippen LogP contribution in [0.2, 0.25) is 0 Å². The molecule has 1 aromatic carbocycles. The van der Waals surface area contributed by atoms with E-state index in [0.29, 0.717) is 6.04 Å². The quantitative estimate of drug-likeness (QED) is 0.523. The van der Waals surface area contributed by atoms with Gasteiger partial charge >= 0.3 is 0 Å². The number of fused-ring (bicyclic) bond motifs is 1. The third-order valence-electron chi connectivity index (χ3n) is 4.49. The Balaban J connectivity index is 1.42. The molecule has 0 fully saturated rings. The van der Waals surface area contributed by atoms with Crippen molar-refractivity contribution in [2.75, 3.05) is 6.54 Å². The summed E-state index contributed by atoms with van der Waals surface area (Å²) in [4.78, 5) is 12.4. The standard InChI is InChI=1S/C20H27N5/c1-2-16(17-9-5-6-12-23-17)22-13-7-8-15(21)14-20-24-18-10-3-4-11-19(18)25-20/h3-6,9-12,15-16,22H,2,7-8,13-14,21H2,1H3,(H,24,25). The van der Waals surface area contributed by atoms with Crippen LogP contribution in [0.25, 0.3) is 11.0 Å². The summed E-state index contributed by atoms with van der Waals surface area (Å²) in [6, 6.07) is 14.6. The lowest BCUT2D eigenvalue weighted by Gasteiger charge is -2.17. The van der Waals surface area contributed by atoms with Crippen molar-refractivity contribution < 1.29 is 0 Å². The van der Waals surface area contributed by atoms with Crippen molar-refractivity contribution in [1.29, 1.82) is 0 Å². The van der Waals surface area contributed by atoms with Crippen LogP contribution < -0.4 is 11.1 Å². The van der Waals surface area contributed by atoms with Gasteiger partial charge in [0, 0.05) is 24.7 Å². The molecule has 0 radical (unpaired) electrons. The van der Waals surface area contributed by atoms with Gasteiger partial charge < -0.3 is 16.0 Å². The summed E-state index contributed by atoms with van der Waals surface area (Å²) in [5.74, 6) is 0.974. The number of benzene rings is 1. The van der Waals surface area contributed by atoms with E-state index in [9.17, 15) is 0 Å². The molecule has 0 saturated carbocycles. The Kier molecular flexibility index (Phi) is 6.14. The number of aromatic nitrogens is 3. The van der Waals surface area contributed by atoms with E-state index in [0.717, 1.165) is 54.8 Å². The number of nitrogens with two attached hydrogens (primary N) is 1. The molecule has 2 heterocycles. The van der Waals surface area contributed by atoms with Crippen LogP contribution >= 0.6 is 0 Å². The Hall–Kier alpha value is -2.24. The van der Waals surface area contributed by atoms with Crippen molar-refractivity contribution in [1.82, 2.24) is 20.3 Å². The number of nitrogens with zero attached hydrogens (tertiary/aromatic N) is 2. The maximum absolute atomic E-state index is 6.29. The Bertz CT molecular complexity index is 735. The number of nitrogens with one attached hydrogen (secondary N) is 2. The van der Waals surface area contributed by atoms with E-state index in [4.69, 9.17) is 5.73 Å². The van der Waals surface area contributed by atoms with E-state index in [1.165, 1.54) is 0 Å². The first-order chi connectivity index (χ1) is 12.3. The Morgan fingerprint density at radius 1 is 1.16 bits per heavy atom. The van der Waals surface area contributed by atoms with Crippen LogP contribution in [-0.2, 0) is 6.42 Å². The highest BCUT2D eigenvalue weighted by Gasteiger charge is 2.11. The minimum atomic E-state index is 0.122. The SMILES string of the molecule is CCC(NCCCC(N)Cc1nc2ccccc2[nH]1)c1ccccn1. The molecule has 4 N–H and O–H groups in total. The summed E-state index contributed by atoms with van der Waals surface area (Å²) < 4.78 is 0. The van der Waals surface area contributed by atoms with Gasteiger partial charge in [0.2, 0.25) is 0 Å². The van der Waals surface area contributed by atoms with E-state index < -0.39 is 0 Å². The normalized spacial score (nSPS) is 13.8. The third-order valence-corrected chi connectivity index (χ3v) is 4.49. The zero-order chi connectivity index (χ0) is 17.5. The fourth-order valence-corrected chi connectivity index (χ4v) is 3.13. The molecule has 0 amide bonds. The first-order valence-electron chi connectivity index (χ1n) is 9.09. The van der Waals surface area contributed by atoms with Crippen LogP contribution in [0.3, 0.4) is 0 Å². The van der Waals surface area contributed by atoms with Gasteiger partial charge in [-0.2, -0.15) is 0 Å². The van der Waals surface area contributed by atoms with Crippen molar-refractivity contribution in [2.45, 2.75) is 44.7 Å². The maximum atomic E-state index is 6.29. The zero-order valence-corrected chi connectivity index (χ0v) is 14.8. The largest absolute Gasteiger partial charge is 0.342 e. The van der Waals surface area contributed by atoms with E-state index in [-0.39, 0.29) is 6.04 Å². The highest BCUT2D eigenvalue weighted by molar-refractivity contribution is 5.74. The topological polar surface area (TPSA) is 79.6 Å². The van der Waals surface area contributed by atoms with Gasteiger partial charge in [-0.15, -0.1) is 0 Å². The minimum absolute atomic E-state index is 0.122. The van der Waals surface area contributed by atoms with Crippen LogP contribution in [0.5, 0.6) is 0 Å². The molecule has 3 aromatic rings. The Labute approximate surface area is 149 Å². The van der Waals surface area contributed by atoms with Gasteiger partial charge in [0.25, 0.3) is 0 Å². The number of hydrogen-bond acceptors (Lipinski definition) is 4. The molecule has 0 aliphatic carbocycles. The number of imidazole rings is 1. The van der Waals surface area contributed by atoms with Gasteiger partial charge in [0.1, 0.15) is 5.82 Å². The number of aromatic amines is 1. The monoisotopic (exact) mass is 337 g/mol. The minimum Gasteiger partial charge on any atom is -0.342 e. The Morgan fingerprint density at radius 3 is 2.76 bits per heavy atom.